The van der Waals surface area contributed by atoms with Gasteiger partial charge in [0.25, 0.3) is 0 Å². The number of aliphatic carboxylic acids is 1. The van der Waals surface area contributed by atoms with Crippen LogP contribution >= 0.6 is 0 Å². The number of aryl methyl sites for hydroxylation is 1. The maximum Gasteiger partial charge on any atom is 0.303 e. The number of hydrogen-bond acceptors (Lipinski definition) is 2. The second-order valence-electron chi connectivity index (χ2n) is 4.90. The second kappa shape index (κ2) is 5.89. The third kappa shape index (κ3) is 3.03. The summed E-state index contributed by atoms with van der Waals surface area (Å²) in [7, 11) is 0. The maximum atomic E-state index is 10.9. The summed E-state index contributed by atoms with van der Waals surface area (Å²) in [5, 5.41) is 8.97. The van der Waals surface area contributed by atoms with Crippen molar-refractivity contribution >= 4 is 5.97 Å². The average molecular weight is 248 g/mol. The molecule has 1 aromatic rings. The molecule has 3 heteroatoms. The fraction of sp³-hybridized carbons (Fsp3) is 0.533. The molecule has 1 atom stereocenters. The molecule has 3 nitrogen and oxygen atoms in total. The van der Waals surface area contributed by atoms with Crippen LogP contribution in [0.5, 0.6) is 5.75 Å². The van der Waals surface area contributed by atoms with Crippen LogP contribution in [0, 0.1) is 0 Å². The second-order valence-corrected chi connectivity index (χ2v) is 4.90. The number of benzene rings is 1. The lowest BCUT2D eigenvalue weighted by Gasteiger charge is -2.25. The minimum Gasteiger partial charge on any atom is -0.494 e. The van der Waals surface area contributed by atoms with E-state index >= 15 is 0 Å². The highest BCUT2D eigenvalue weighted by Gasteiger charge is 2.22. The molecule has 0 saturated carbocycles. The molecule has 1 N–H and O–H groups in total. The van der Waals surface area contributed by atoms with Crippen LogP contribution in [0.4, 0.5) is 0 Å². The fourth-order valence-electron chi connectivity index (χ4n) is 2.61. The maximum absolute atomic E-state index is 10.9. The van der Waals surface area contributed by atoms with E-state index in [-0.39, 0.29) is 12.3 Å². The number of carbonyl (C=O) groups is 1. The van der Waals surface area contributed by atoms with E-state index in [0.717, 1.165) is 31.4 Å². The first kappa shape index (κ1) is 12.9. The van der Waals surface area contributed by atoms with Gasteiger partial charge in [-0.25, -0.2) is 0 Å². The molecule has 0 fully saturated rings. The van der Waals surface area contributed by atoms with Gasteiger partial charge in [0, 0.05) is 0 Å². The molecule has 0 spiro atoms. The predicted molar refractivity (Wildman–Crippen MR) is 70.2 cm³/mol. The predicted octanol–water partition coefficient (Wildman–Crippen LogP) is 3.37. The van der Waals surface area contributed by atoms with Gasteiger partial charge in [-0.15, -0.1) is 0 Å². The molecule has 0 aliphatic heterocycles. The lowest BCUT2D eigenvalue weighted by molar-refractivity contribution is -0.137. The third-order valence-corrected chi connectivity index (χ3v) is 3.45. The van der Waals surface area contributed by atoms with Gasteiger partial charge >= 0.3 is 5.97 Å². The van der Waals surface area contributed by atoms with E-state index in [4.69, 9.17) is 9.84 Å². The van der Waals surface area contributed by atoms with Crippen molar-refractivity contribution < 1.29 is 14.6 Å². The number of carboxylic acids is 1. The summed E-state index contributed by atoms with van der Waals surface area (Å²) in [6.45, 7) is 2.79. The summed E-state index contributed by atoms with van der Waals surface area (Å²) in [5.74, 6) is 0.303. The van der Waals surface area contributed by atoms with Crippen LogP contribution in [0.25, 0.3) is 0 Å². The van der Waals surface area contributed by atoms with Gasteiger partial charge < -0.3 is 9.84 Å². The monoisotopic (exact) mass is 248 g/mol. The van der Waals surface area contributed by atoms with Gasteiger partial charge in [-0.2, -0.15) is 0 Å². The molecule has 1 aliphatic carbocycles. The third-order valence-electron chi connectivity index (χ3n) is 3.45. The first-order valence-corrected chi connectivity index (χ1v) is 6.68. The summed E-state index contributed by atoms with van der Waals surface area (Å²) < 4.78 is 5.63. The topological polar surface area (TPSA) is 46.5 Å². The molecule has 1 unspecified atom stereocenters. The highest BCUT2D eigenvalue weighted by molar-refractivity contribution is 5.68. The molecule has 1 aliphatic rings. The van der Waals surface area contributed by atoms with Gasteiger partial charge in [-0.3, -0.25) is 4.79 Å². The van der Waals surface area contributed by atoms with Crippen LogP contribution in [0.3, 0.4) is 0 Å². The number of ether oxygens (including phenoxy) is 1. The average Bonchev–Trinajstić information content (AvgIpc) is 2.36. The summed E-state index contributed by atoms with van der Waals surface area (Å²) >= 11 is 0. The molecule has 1 aromatic carbocycles. The molecule has 0 saturated heterocycles. The van der Waals surface area contributed by atoms with E-state index in [0.29, 0.717) is 6.61 Å². The van der Waals surface area contributed by atoms with Crippen LogP contribution in [-0.4, -0.2) is 17.7 Å². The van der Waals surface area contributed by atoms with Gasteiger partial charge in [0.05, 0.1) is 13.0 Å². The standard InChI is InChI=1S/C15H20O3/c1-2-8-18-13-7-6-11-4-3-5-12(9-15(16)17)14(11)10-13/h6-7,10,12H,2-5,8-9H2,1H3,(H,16,17). The normalized spacial score (nSPS) is 18.2. The van der Waals surface area contributed by atoms with Crippen LogP contribution < -0.4 is 4.74 Å². The van der Waals surface area contributed by atoms with E-state index in [1.54, 1.807) is 0 Å². The van der Waals surface area contributed by atoms with E-state index < -0.39 is 5.97 Å². The molecule has 0 radical (unpaired) electrons. The Kier molecular flexibility index (Phi) is 4.24. The van der Waals surface area contributed by atoms with Crippen LogP contribution in [0.15, 0.2) is 18.2 Å². The van der Waals surface area contributed by atoms with Crippen molar-refractivity contribution in [2.75, 3.05) is 6.61 Å². The van der Waals surface area contributed by atoms with Crippen molar-refractivity contribution in [2.45, 2.75) is 44.9 Å². The van der Waals surface area contributed by atoms with Crippen molar-refractivity contribution in [2.24, 2.45) is 0 Å². The fourth-order valence-corrected chi connectivity index (χ4v) is 2.61. The number of fused-ring (bicyclic) bond motifs is 1. The number of hydrogen-bond donors (Lipinski definition) is 1. The Morgan fingerprint density at radius 2 is 2.33 bits per heavy atom. The smallest absolute Gasteiger partial charge is 0.303 e. The van der Waals surface area contributed by atoms with Crippen LogP contribution in [0.2, 0.25) is 0 Å². The molecule has 0 amide bonds. The minimum atomic E-state index is -0.715. The Morgan fingerprint density at radius 1 is 1.50 bits per heavy atom. The molecular weight excluding hydrogens is 228 g/mol. The molecule has 2 rings (SSSR count). The summed E-state index contributed by atoms with van der Waals surface area (Å²) in [6.07, 6.45) is 4.32. The quantitative estimate of drug-likeness (QED) is 0.869. The number of rotatable bonds is 5. The van der Waals surface area contributed by atoms with Gasteiger partial charge in [0.1, 0.15) is 5.75 Å². The van der Waals surface area contributed by atoms with Crippen molar-refractivity contribution in [1.29, 1.82) is 0 Å². The van der Waals surface area contributed by atoms with Crippen LogP contribution in [0.1, 0.15) is 49.7 Å². The van der Waals surface area contributed by atoms with E-state index in [1.165, 1.54) is 11.1 Å². The van der Waals surface area contributed by atoms with Gasteiger partial charge in [-0.05, 0) is 54.9 Å². The van der Waals surface area contributed by atoms with Gasteiger partial charge in [-0.1, -0.05) is 13.0 Å². The zero-order valence-corrected chi connectivity index (χ0v) is 10.8. The lowest BCUT2D eigenvalue weighted by atomic mass is 9.81. The first-order chi connectivity index (χ1) is 8.70. The highest BCUT2D eigenvalue weighted by atomic mass is 16.5. The van der Waals surface area contributed by atoms with Crippen molar-refractivity contribution in [3.63, 3.8) is 0 Å². The summed E-state index contributed by atoms with van der Waals surface area (Å²) in [5.41, 5.74) is 2.47. The molecule has 0 bridgehead atoms. The Hall–Kier alpha value is -1.51. The number of carboxylic acid groups (broad SMARTS) is 1. The van der Waals surface area contributed by atoms with E-state index in [1.807, 2.05) is 12.1 Å². The van der Waals surface area contributed by atoms with Gasteiger partial charge in [0.2, 0.25) is 0 Å². The van der Waals surface area contributed by atoms with E-state index in [9.17, 15) is 4.79 Å². The molecule has 0 aromatic heterocycles. The van der Waals surface area contributed by atoms with Crippen molar-refractivity contribution in [3.05, 3.63) is 29.3 Å². The Bertz CT molecular complexity index is 426. The highest BCUT2D eigenvalue weighted by Crippen LogP contribution is 2.36. The Balaban J connectivity index is 2.20. The SMILES string of the molecule is CCCOc1ccc2c(c1)C(CC(=O)O)CCC2. The molecule has 18 heavy (non-hydrogen) atoms. The molecule has 0 heterocycles. The summed E-state index contributed by atoms with van der Waals surface area (Å²) in [6, 6.07) is 6.13. The van der Waals surface area contributed by atoms with Crippen molar-refractivity contribution in [1.82, 2.24) is 0 Å². The Labute approximate surface area is 108 Å². The zero-order valence-electron chi connectivity index (χ0n) is 10.8. The Morgan fingerprint density at radius 3 is 3.06 bits per heavy atom. The van der Waals surface area contributed by atoms with Crippen molar-refractivity contribution in [3.8, 4) is 5.75 Å². The first-order valence-electron chi connectivity index (χ1n) is 6.68. The minimum absolute atomic E-state index is 0.149. The van der Waals surface area contributed by atoms with Gasteiger partial charge in [0.15, 0.2) is 0 Å². The van der Waals surface area contributed by atoms with E-state index in [2.05, 4.69) is 13.0 Å². The molecular formula is C15H20O3. The summed E-state index contributed by atoms with van der Waals surface area (Å²) in [4.78, 5) is 10.9. The largest absolute Gasteiger partial charge is 0.494 e. The zero-order chi connectivity index (χ0) is 13.0. The van der Waals surface area contributed by atoms with Crippen LogP contribution in [-0.2, 0) is 11.2 Å². The molecule has 98 valence electrons. The lowest BCUT2D eigenvalue weighted by Crippen LogP contribution is -2.13.